The van der Waals surface area contributed by atoms with Crippen molar-refractivity contribution < 1.29 is 0 Å². The molecule has 1 aromatic heterocycles. The molecular weight excluding hydrogens is 287 g/mol. The number of rotatable bonds is 4. The second-order valence-electron chi connectivity index (χ2n) is 5.86. The van der Waals surface area contributed by atoms with Crippen molar-refractivity contribution in [1.29, 1.82) is 0 Å². The van der Waals surface area contributed by atoms with Crippen molar-refractivity contribution in [2.45, 2.75) is 19.5 Å². The van der Waals surface area contributed by atoms with E-state index in [1.807, 2.05) is 17.9 Å². The molecular formula is C19H22N2P+. The second kappa shape index (κ2) is 6.06. The lowest BCUT2D eigenvalue weighted by atomic mass is 10.4. The Balaban J connectivity index is 2.34. The zero-order valence-corrected chi connectivity index (χ0v) is 14.2. The van der Waals surface area contributed by atoms with Gasteiger partial charge in [0, 0.05) is 7.05 Å². The summed E-state index contributed by atoms with van der Waals surface area (Å²) in [6.07, 6.45) is 4.24. The molecule has 0 radical (unpaired) electrons. The highest BCUT2D eigenvalue weighted by atomic mass is 31.2. The van der Waals surface area contributed by atoms with Gasteiger partial charge in [0.15, 0.2) is 0 Å². The Hall–Kier alpha value is -1.92. The number of aromatic nitrogens is 2. The fourth-order valence-electron chi connectivity index (χ4n) is 3.26. The van der Waals surface area contributed by atoms with Crippen LogP contribution < -0.4 is 15.9 Å². The van der Waals surface area contributed by atoms with Crippen molar-refractivity contribution in [1.82, 2.24) is 9.78 Å². The lowest BCUT2D eigenvalue weighted by molar-refractivity contribution is 0.768. The highest BCUT2D eigenvalue weighted by Crippen LogP contribution is 2.59. The van der Waals surface area contributed by atoms with Crippen LogP contribution in [0.3, 0.4) is 0 Å². The van der Waals surface area contributed by atoms with Crippen molar-refractivity contribution in [3.05, 3.63) is 73.1 Å². The smallest absolute Gasteiger partial charge is 0.142 e. The fraction of sp³-hybridized carbons (Fsp3) is 0.211. The predicted molar refractivity (Wildman–Crippen MR) is 97.1 cm³/mol. The molecule has 0 aliphatic carbocycles. The quantitative estimate of drug-likeness (QED) is 0.677. The molecule has 22 heavy (non-hydrogen) atoms. The third-order valence-corrected chi connectivity index (χ3v) is 9.02. The zero-order chi connectivity index (χ0) is 15.6. The van der Waals surface area contributed by atoms with E-state index in [-0.39, 0.29) is 0 Å². The molecule has 0 spiro atoms. The lowest BCUT2D eigenvalue weighted by Gasteiger charge is -2.29. The van der Waals surface area contributed by atoms with Gasteiger partial charge in [-0.25, -0.2) is 0 Å². The molecule has 2 nitrogen and oxygen atoms in total. The van der Waals surface area contributed by atoms with Gasteiger partial charge in [-0.3, -0.25) is 4.68 Å². The van der Waals surface area contributed by atoms with Gasteiger partial charge in [-0.05, 0) is 38.1 Å². The van der Waals surface area contributed by atoms with E-state index in [0.29, 0.717) is 5.66 Å². The molecule has 1 heterocycles. The summed E-state index contributed by atoms with van der Waals surface area (Å²) in [5, 5.41) is 8.65. The highest BCUT2D eigenvalue weighted by molar-refractivity contribution is 7.96. The fourth-order valence-corrected chi connectivity index (χ4v) is 7.81. The average Bonchev–Trinajstić information content (AvgIpc) is 2.97. The standard InChI is InChI=1S/C19H22N2P/c1-16(2)22(17-10-6-4-7-11-17,18-12-8-5-9-13-18)19-14-20-21(3)15-19/h4-16H,1-3H3/q+1. The van der Waals surface area contributed by atoms with Crippen LogP contribution in [-0.4, -0.2) is 15.4 Å². The predicted octanol–water partition coefficient (Wildman–Crippen LogP) is 3.12. The van der Waals surface area contributed by atoms with E-state index in [0.717, 1.165) is 0 Å². The van der Waals surface area contributed by atoms with Crippen molar-refractivity contribution in [2.24, 2.45) is 7.05 Å². The van der Waals surface area contributed by atoms with E-state index in [9.17, 15) is 0 Å². The second-order valence-corrected chi connectivity index (χ2v) is 9.89. The molecule has 3 aromatic rings. The number of aryl methyl sites for hydroxylation is 1. The molecule has 0 N–H and O–H groups in total. The Morgan fingerprint density at radius 3 is 1.68 bits per heavy atom. The lowest BCUT2D eigenvalue weighted by Crippen LogP contribution is -2.36. The SMILES string of the molecule is CC(C)[P+](c1ccccc1)(c1ccccc1)c1cnn(C)c1. The first kappa shape index (κ1) is 15.0. The summed E-state index contributed by atoms with van der Waals surface area (Å²) in [6.45, 7) is 4.67. The van der Waals surface area contributed by atoms with Crippen LogP contribution >= 0.6 is 7.26 Å². The molecule has 0 saturated carbocycles. The van der Waals surface area contributed by atoms with Gasteiger partial charge in [-0.15, -0.1) is 0 Å². The number of hydrogen-bond acceptors (Lipinski definition) is 1. The number of hydrogen-bond donors (Lipinski definition) is 0. The maximum atomic E-state index is 4.46. The summed E-state index contributed by atoms with van der Waals surface area (Å²) in [7, 11) is 0.307. The van der Waals surface area contributed by atoms with Crippen molar-refractivity contribution in [3.63, 3.8) is 0 Å². The first-order chi connectivity index (χ1) is 10.7. The Morgan fingerprint density at radius 1 is 0.818 bits per heavy atom. The van der Waals surface area contributed by atoms with Gasteiger partial charge < -0.3 is 0 Å². The summed E-state index contributed by atoms with van der Waals surface area (Å²) in [5.74, 6) is 0. The minimum absolute atomic E-state index is 0.515. The van der Waals surface area contributed by atoms with Gasteiger partial charge in [-0.2, -0.15) is 5.10 Å². The normalized spacial score (nSPS) is 11.8. The van der Waals surface area contributed by atoms with E-state index in [4.69, 9.17) is 0 Å². The molecule has 0 saturated heterocycles. The van der Waals surface area contributed by atoms with Crippen molar-refractivity contribution in [2.75, 3.05) is 0 Å². The molecule has 0 aliphatic heterocycles. The first-order valence-corrected chi connectivity index (χ1v) is 9.50. The Morgan fingerprint density at radius 2 is 1.32 bits per heavy atom. The monoisotopic (exact) mass is 309 g/mol. The van der Waals surface area contributed by atoms with Gasteiger partial charge in [0.25, 0.3) is 0 Å². The van der Waals surface area contributed by atoms with Gasteiger partial charge in [-0.1, -0.05) is 36.4 Å². The molecule has 3 rings (SSSR count). The van der Waals surface area contributed by atoms with Gasteiger partial charge >= 0.3 is 0 Å². The third kappa shape index (κ3) is 2.38. The van der Waals surface area contributed by atoms with E-state index in [1.165, 1.54) is 15.9 Å². The molecule has 0 amide bonds. The summed E-state index contributed by atoms with van der Waals surface area (Å²) >= 11 is 0. The number of benzene rings is 2. The largest absolute Gasteiger partial charge is 0.272 e. The van der Waals surface area contributed by atoms with Crippen LogP contribution in [0.15, 0.2) is 73.1 Å². The highest BCUT2D eigenvalue weighted by Gasteiger charge is 2.49. The van der Waals surface area contributed by atoms with Gasteiger partial charge in [0.1, 0.15) is 23.2 Å². The molecule has 0 fully saturated rings. The van der Waals surface area contributed by atoms with E-state index in [2.05, 4.69) is 85.8 Å². The van der Waals surface area contributed by atoms with Crippen LogP contribution in [-0.2, 0) is 7.05 Å². The minimum atomic E-state index is -1.69. The van der Waals surface area contributed by atoms with Crippen LogP contribution in [0.25, 0.3) is 0 Å². The van der Waals surface area contributed by atoms with Crippen LogP contribution in [0.1, 0.15) is 13.8 Å². The first-order valence-electron chi connectivity index (χ1n) is 7.65. The molecule has 0 atom stereocenters. The summed E-state index contributed by atoms with van der Waals surface area (Å²) in [6, 6.07) is 21.8. The van der Waals surface area contributed by atoms with E-state index >= 15 is 0 Å². The Labute approximate surface area is 133 Å². The van der Waals surface area contributed by atoms with Crippen LogP contribution in [0, 0.1) is 0 Å². The maximum absolute atomic E-state index is 4.46. The van der Waals surface area contributed by atoms with E-state index in [1.54, 1.807) is 0 Å². The molecule has 0 aliphatic rings. The topological polar surface area (TPSA) is 17.8 Å². The molecule has 3 heteroatoms. The number of nitrogens with zero attached hydrogens (tertiary/aromatic N) is 2. The average molecular weight is 309 g/mol. The minimum Gasteiger partial charge on any atom is -0.272 e. The zero-order valence-electron chi connectivity index (χ0n) is 13.3. The van der Waals surface area contributed by atoms with Gasteiger partial charge in [0.05, 0.1) is 18.1 Å². The molecule has 112 valence electrons. The van der Waals surface area contributed by atoms with Crippen LogP contribution in [0.2, 0.25) is 0 Å². The Kier molecular flexibility index (Phi) is 4.13. The van der Waals surface area contributed by atoms with Crippen LogP contribution in [0.5, 0.6) is 0 Å². The van der Waals surface area contributed by atoms with Crippen molar-refractivity contribution >= 4 is 23.2 Å². The molecule has 0 unspecified atom stereocenters. The third-order valence-electron chi connectivity index (χ3n) is 4.20. The molecule has 2 aromatic carbocycles. The maximum Gasteiger partial charge on any atom is 0.142 e. The Bertz CT molecular complexity index is 693. The van der Waals surface area contributed by atoms with Crippen LogP contribution in [0.4, 0.5) is 0 Å². The van der Waals surface area contributed by atoms with Gasteiger partial charge in [0.2, 0.25) is 0 Å². The van der Waals surface area contributed by atoms with E-state index < -0.39 is 7.26 Å². The van der Waals surface area contributed by atoms with Crippen molar-refractivity contribution in [3.8, 4) is 0 Å². The molecule has 0 bridgehead atoms. The summed E-state index contributed by atoms with van der Waals surface area (Å²) in [4.78, 5) is 0. The summed E-state index contributed by atoms with van der Waals surface area (Å²) in [5.41, 5.74) is 0.515. The summed E-state index contributed by atoms with van der Waals surface area (Å²) < 4.78 is 1.92.